The van der Waals surface area contributed by atoms with E-state index in [0.717, 1.165) is 0 Å². The first-order chi connectivity index (χ1) is 6.27. The molecule has 3 heteroatoms. The van der Waals surface area contributed by atoms with Gasteiger partial charge in [-0.25, -0.2) is 0 Å². The molecule has 0 amide bonds. The maximum atomic E-state index is 10.1. The average molecular weight is 192 g/mol. The second-order valence-electron chi connectivity index (χ2n) is 2.34. The molecule has 0 fully saturated rings. The topological polar surface area (TPSA) is 40.9 Å². The zero-order chi connectivity index (χ0) is 9.68. The van der Waals surface area contributed by atoms with Gasteiger partial charge in [-0.05, 0) is 23.8 Å². The number of allylic oxidation sites excluding steroid dienone is 1. The van der Waals surface area contributed by atoms with Gasteiger partial charge in [0.05, 0.1) is 16.7 Å². The minimum absolute atomic E-state index is 0.340. The van der Waals surface area contributed by atoms with Gasteiger partial charge in [-0.2, -0.15) is 5.26 Å². The van der Waals surface area contributed by atoms with E-state index in [1.807, 2.05) is 6.07 Å². The summed E-state index contributed by atoms with van der Waals surface area (Å²) in [5, 5.41) is 8.93. The summed E-state index contributed by atoms with van der Waals surface area (Å²) in [6.07, 6.45) is 1.86. The van der Waals surface area contributed by atoms with Crippen molar-refractivity contribution < 1.29 is 4.79 Å². The summed E-state index contributed by atoms with van der Waals surface area (Å²) in [4.78, 5) is 10.1. The number of benzene rings is 1. The SMILES string of the molecule is N#Cc1cccc(/C(Cl)=C\C=O)c1. The molecule has 0 saturated heterocycles. The highest BCUT2D eigenvalue weighted by Gasteiger charge is 1.98. The first kappa shape index (κ1) is 9.50. The molecule has 0 N–H and O–H groups in total. The lowest BCUT2D eigenvalue weighted by Crippen LogP contribution is -1.80. The smallest absolute Gasteiger partial charge is 0.144 e. The molecule has 0 saturated carbocycles. The third kappa shape index (κ3) is 2.43. The number of hydrogen-bond donors (Lipinski definition) is 0. The van der Waals surface area contributed by atoms with Crippen molar-refractivity contribution in [3.63, 3.8) is 0 Å². The van der Waals surface area contributed by atoms with Crippen LogP contribution in [0.3, 0.4) is 0 Å². The summed E-state index contributed by atoms with van der Waals surface area (Å²) in [5.74, 6) is 0. The molecule has 0 aromatic heterocycles. The molecule has 0 bridgehead atoms. The van der Waals surface area contributed by atoms with Crippen molar-refractivity contribution >= 4 is 22.9 Å². The Labute approximate surface area is 81.1 Å². The molecule has 2 nitrogen and oxygen atoms in total. The van der Waals surface area contributed by atoms with Crippen LogP contribution in [0.2, 0.25) is 0 Å². The van der Waals surface area contributed by atoms with Gasteiger partial charge in [-0.3, -0.25) is 4.79 Å². The predicted molar refractivity (Wildman–Crippen MR) is 51.1 cm³/mol. The zero-order valence-electron chi connectivity index (χ0n) is 6.70. The third-order valence-electron chi connectivity index (χ3n) is 1.48. The first-order valence-corrected chi connectivity index (χ1v) is 3.97. The summed E-state index contributed by atoms with van der Waals surface area (Å²) in [6.45, 7) is 0. The van der Waals surface area contributed by atoms with E-state index in [4.69, 9.17) is 16.9 Å². The molecular formula is C10H6ClNO. The average Bonchev–Trinajstić information content (AvgIpc) is 2.18. The van der Waals surface area contributed by atoms with E-state index < -0.39 is 0 Å². The second-order valence-corrected chi connectivity index (χ2v) is 2.75. The number of hydrogen-bond acceptors (Lipinski definition) is 2. The van der Waals surface area contributed by atoms with E-state index in [1.54, 1.807) is 24.3 Å². The Balaban J connectivity index is 3.10. The molecule has 0 radical (unpaired) electrons. The molecule has 64 valence electrons. The minimum Gasteiger partial charge on any atom is -0.299 e. The van der Waals surface area contributed by atoms with Crippen molar-refractivity contribution in [1.82, 2.24) is 0 Å². The normalized spacial score (nSPS) is 10.6. The standard InChI is InChI=1S/C10H6ClNO/c11-10(4-5-13)9-3-1-2-8(6-9)7-12/h1-6H/b10-4+. The number of aldehydes is 1. The van der Waals surface area contributed by atoms with Gasteiger partial charge >= 0.3 is 0 Å². The van der Waals surface area contributed by atoms with Gasteiger partial charge in [-0.15, -0.1) is 0 Å². The maximum absolute atomic E-state index is 10.1. The van der Waals surface area contributed by atoms with E-state index >= 15 is 0 Å². The van der Waals surface area contributed by atoms with E-state index in [9.17, 15) is 4.79 Å². The highest BCUT2D eigenvalue weighted by Crippen LogP contribution is 2.18. The van der Waals surface area contributed by atoms with Crippen LogP contribution in [0, 0.1) is 11.3 Å². The zero-order valence-corrected chi connectivity index (χ0v) is 7.45. The summed E-state index contributed by atoms with van der Waals surface area (Å²) in [6, 6.07) is 8.75. The van der Waals surface area contributed by atoms with Gasteiger partial charge in [0.2, 0.25) is 0 Å². The predicted octanol–water partition coefficient (Wildman–Crippen LogP) is 2.34. The van der Waals surface area contributed by atoms with Crippen molar-refractivity contribution in [3.8, 4) is 6.07 Å². The molecule has 0 aliphatic heterocycles. The fraction of sp³-hybridized carbons (Fsp3) is 0. The van der Waals surface area contributed by atoms with E-state index in [2.05, 4.69) is 0 Å². The van der Waals surface area contributed by atoms with Crippen molar-refractivity contribution in [1.29, 1.82) is 5.26 Å². The molecule has 0 heterocycles. The number of nitrogens with zero attached hydrogens (tertiary/aromatic N) is 1. The Bertz CT molecular complexity index is 390. The van der Waals surface area contributed by atoms with Crippen molar-refractivity contribution in [2.24, 2.45) is 0 Å². The van der Waals surface area contributed by atoms with Crippen LogP contribution in [0.1, 0.15) is 11.1 Å². The molecule has 1 aromatic carbocycles. The van der Waals surface area contributed by atoms with Crippen LogP contribution in [0.25, 0.3) is 5.03 Å². The lowest BCUT2D eigenvalue weighted by molar-refractivity contribution is -0.104. The second kappa shape index (κ2) is 4.44. The largest absolute Gasteiger partial charge is 0.299 e. The number of rotatable bonds is 2. The van der Waals surface area contributed by atoms with Gasteiger partial charge in [0.25, 0.3) is 0 Å². The molecule has 0 spiro atoms. The number of nitriles is 1. The summed E-state index contributed by atoms with van der Waals surface area (Å²) < 4.78 is 0. The van der Waals surface area contributed by atoms with Crippen molar-refractivity contribution in [3.05, 3.63) is 41.5 Å². The summed E-state index contributed by atoms with van der Waals surface area (Å²) >= 11 is 5.76. The van der Waals surface area contributed by atoms with Crippen LogP contribution >= 0.6 is 11.6 Å². The van der Waals surface area contributed by atoms with Crippen LogP contribution in [-0.4, -0.2) is 6.29 Å². The lowest BCUT2D eigenvalue weighted by atomic mass is 10.1. The Morgan fingerprint density at radius 1 is 1.54 bits per heavy atom. The maximum Gasteiger partial charge on any atom is 0.144 e. The number of halogens is 1. The minimum atomic E-state index is 0.340. The van der Waals surface area contributed by atoms with Gasteiger partial charge in [-0.1, -0.05) is 23.7 Å². The fourth-order valence-corrected chi connectivity index (χ4v) is 1.06. The molecule has 1 aromatic rings. The molecular weight excluding hydrogens is 186 g/mol. The number of carbonyl (C=O) groups excluding carboxylic acids is 1. The molecule has 0 unspecified atom stereocenters. The molecule has 0 aliphatic carbocycles. The molecule has 0 aliphatic rings. The third-order valence-corrected chi connectivity index (χ3v) is 1.83. The van der Waals surface area contributed by atoms with Gasteiger partial charge in [0.15, 0.2) is 0 Å². The van der Waals surface area contributed by atoms with Crippen LogP contribution < -0.4 is 0 Å². The Morgan fingerprint density at radius 2 is 2.31 bits per heavy atom. The van der Waals surface area contributed by atoms with E-state index in [-0.39, 0.29) is 0 Å². The monoisotopic (exact) mass is 191 g/mol. The van der Waals surface area contributed by atoms with Crippen molar-refractivity contribution in [2.75, 3.05) is 0 Å². The van der Waals surface area contributed by atoms with Gasteiger partial charge < -0.3 is 0 Å². The molecule has 1 rings (SSSR count). The first-order valence-electron chi connectivity index (χ1n) is 3.59. The highest BCUT2D eigenvalue weighted by atomic mass is 35.5. The van der Waals surface area contributed by atoms with E-state index in [0.29, 0.717) is 22.4 Å². The van der Waals surface area contributed by atoms with Crippen LogP contribution in [0.5, 0.6) is 0 Å². The van der Waals surface area contributed by atoms with Crippen LogP contribution in [0.15, 0.2) is 30.3 Å². The van der Waals surface area contributed by atoms with Crippen molar-refractivity contribution in [2.45, 2.75) is 0 Å². The van der Waals surface area contributed by atoms with Gasteiger partial charge in [0, 0.05) is 0 Å². The lowest BCUT2D eigenvalue weighted by Gasteiger charge is -1.97. The van der Waals surface area contributed by atoms with Crippen LogP contribution in [0.4, 0.5) is 0 Å². The van der Waals surface area contributed by atoms with E-state index in [1.165, 1.54) is 6.08 Å². The summed E-state index contributed by atoms with van der Waals surface area (Å²) in [5.41, 5.74) is 1.20. The fourth-order valence-electron chi connectivity index (χ4n) is 0.893. The van der Waals surface area contributed by atoms with Gasteiger partial charge in [0.1, 0.15) is 6.29 Å². The molecule has 0 atom stereocenters. The quantitative estimate of drug-likeness (QED) is 0.532. The Hall–Kier alpha value is -1.59. The highest BCUT2D eigenvalue weighted by molar-refractivity contribution is 6.49. The Morgan fingerprint density at radius 3 is 2.92 bits per heavy atom. The Kier molecular flexibility index (Phi) is 3.24. The van der Waals surface area contributed by atoms with Crippen LogP contribution in [-0.2, 0) is 4.79 Å². The summed E-state index contributed by atoms with van der Waals surface area (Å²) in [7, 11) is 0. The number of carbonyl (C=O) groups is 1. The molecule has 13 heavy (non-hydrogen) atoms.